The number of aliphatic hydroxyl groups is 1. The van der Waals surface area contributed by atoms with Gasteiger partial charge in [0.25, 0.3) is 0 Å². The van der Waals surface area contributed by atoms with Crippen LogP contribution in [0.25, 0.3) is 33.4 Å². The second-order valence-electron chi connectivity index (χ2n) is 9.92. The van der Waals surface area contributed by atoms with Gasteiger partial charge >= 0.3 is 5.97 Å². The highest BCUT2D eigenvalue weighted by atomic mass is 16.6. The summed E-state index contributed by atoms with van der Waals surface area (Å²) in [6.07, 6.45) is 0.0536. The summed E-state index contributed by atoms with van der Waals surface area (Å²) < 4.78 is 18.6. The summed E-state index contributed by atoms with van der Waals surface area (Å²) in [5.74, 6) is -0.358. The number of hydroxylamine groups is 1. The molecule has 0 radical (unpaired) electrons. The highest BCUT2D eigenvalue weighted by molar-refractivity contribution is 6.07. The van der Waals surface area contributed by atoms with E-state index in [0.29, 0.717) is 36.5 Å². The van der Waals surface area contributed by atoms with E-state index in [9.17, 15) is 15.0 Å². The van der Waals surface area contributed by atoms with Crippen molar-refractivity contribution in [1.82, 2.24) is 10.1 Å². The third-order valence-corrected chi connectivity index (χ3v) is 6.67. The molecule has 2 aromatic rings. The Balaban J connectivity index is 1.61. The number of aromatic carboxylic acids is 1. The minimum Gasteiger partial charge on any atom is -0.478 e. The van der Waals surface area contributed by atoms with E-state index in [0.717, 1.165) is 33.1 Å². The van der Waals surface area contributed by atoms with Crippen LogP contribution < -0.4 is 20.7 Å². The summed E-state index contributed by atoms with van der Waals surface area (Å²) in [4.78, 5) is 18.0. The van der Waals surface area contributed by atoms with Gasteiger partial charge in [0.05, 0.1) is 31.5 Å². The average Bonchev–Trinajstić information content (AvgIpc) is 2.96. The lowest BCUT2D eigenvalue weighted by Gasteiger charge is -2.18. The number of benzene rings is 3. The zero-order valence-corrected chi connectivity index (χ0v) is 23.9. The van der Waals surface area contributed by atoms with Crippen LogP contribution in [-0.4, -0.2) is 76.9 Å². The van der Waals surface area contributed by atoms with Gasteiger partial charge in [0.15, 0.2) is 0 Å². The highest BCUT2D eigenvalue weighted by Gasteiger charge is 2.22. The van der Waals surface area contributed by atoms with Crippen molar-refractivity contribution < 1.29 is 33.7 Å². The molecule has 1 atom stereocenters. The van der Waals surface area contributed by atoms with E-state index in [-0.39, 0.29) is 25.4 Å². The number of anilines is 1. The Hall–Kier alpha value is -3.80. The first-order valence-corrected chi connectivity index (χ1v) is 13.5. The van der Waals surface area contributed by atoms with Crippen LogP contribution in [0.5, 0.6) is 0 Å². The fourth-order valence-electron chi connectivity index (χ4n) is 4.59. The van der Waals surface area contributed by atoms with E-state index in [4.69, 9.17) is 18.7 Å². The van der Waals surface area contributed by atoms with Crippen molar-refractivity contribution in [2.24, 2.45) is 0 Å². The maximum atomic E-state index is 12.4. The maximum Gasteiger partial charge on any atom is 0.336 e. The number of hydrogen-bond donors (Lipinski definition) is 4. The summed E-state index contributed by atoms with van der Waals surface area (Å²) in [6, 6.07) is 17.0. The Bertz CT molecular complexity index is 1530. The number of fused-ring (bicyclic) bond motifs is 2. The number of carboxylic acids is 1. The minimum absolute atomic E-state index is 0.192. The van der Waals surface area contributed by atoms with Gasteiger partial charge in [0.1, 0.15) is 31.5 Å². The van der Waals surface area contributed by atoms with E-state index >= 15 is 0 Å². The first-order valence-electron chi connectivity index (χ1n) is 13.5. The van der Waals surface area contributed by atoms with Crippen LogP contribution in [-0.2, 0) is 20.9 Å². The lowest BCUT2D eigenvalue weighted by Crippen LogP contribution is -2.22. The Morgan fingerprint density at radius 1 is 1.05 bits per heavy atom. The van der Waals surface area contributed by atoms with Gasteiger partial charge in [-0.15, -0.1) is 0 Å². The number of rotatable bonds is 14. The van der Waals surface area contributed by atoms with Gasteiger partial charge in [-0.2, -0.15) is 0 Å². The summed E-state index contributed by atoms with van der Waals surface area (Å²) in [5, 5.41) is 24.7. The number of ether oxygens (including phenoxy) is 2. The second kappa shape index (κ2) is 14.2. The van der Waals surface area contributed by atoms with Gasteiger partial charge in [-0.1, -0.05) is 6.07 Å². The summed E-state index contributed by atoms with van der Waals surface area (Å²) in [5.41, 5.74) is 7.65. The number of nitrogens with zero attached hydrogens (tertiary/aromatic N) is 1. The van der Waals surface area contributed by atoms with Crippen LogP contribution in [0.4, 0.5) is 5.69 Å². The molecule has 0 fully saturated rings. The number of nitrogens with one attached hydrogen (secondary N) is 2. The lowest BCUT2D eigenvalue weighted by molar-refractivity contribution is -0.0123. The van der Waals surface area contributed by atoms with Gasteiger partial charge in [0.2, 0.25) is 5.36 Å². The molecule has 1 aliphatic carbocycles. The van der Waals surface area contributed by atoms with Crippen LogP contribution in [0.3, 0.4) is 0 Å². The van der Waals surface area contributed by atoms with Gasteiger partial charge < -0.3 is 29.4 Å². The molecule has 0 spiro atoms. The van der Waals surface area contributed by atoms with Gasteiger partial charge in [-0.25, -0.2) is 14.9 Å². The van der Waals surface area contributed by atoms with Gasteiger partial charge in [-0.05, 0) is 47.9 Å². The fraction of sp³-hybridized carbons (Fsp3) is 0.355. The van der Waals surface area contributed by atoms with E-state index in [1.54, 1.807) is 12.1 Å². The molecular formula is C31H38N3O7+. The van der Waals surface area contributed by atoms with E-state index < -0.39 is 12.1 Å². The smallest absolute Gasteiger partial charge is 0.336 e. The Kier molecular flexibility index (Phi) is 10.4. The molecule has 1 heterocycles. The third-order valence-electron chi connectivity index (χ3n) is 6.67. The van der Waals surface area contributed by atoms with Crippen molar-refractivity contribution in [3.63, 3.8) is 0 Å². The van der Waals surface area contributed by atoms with Crippen molar-refractivity contribution in [2.45, 2.75) is 19.1 Å². The number of methoxy groups -OCH3 is 1. The maximum absolute atomic E-state index is 12.4. The molecule has 10 heteroatoms. The Morgan fingerprint density at radius 3 is 2.61 bits per heavy atom. The molecule has 0 bridgehead atoms. The fourth-order valence-corrected chi connectivity index (χ4v) is 4.59. The topological polar surface area (TPSA) is 125 Å². The third kappa shape index (κ3) is 7.49. The molecule has 0 amide bonds. The van der Waals surface area contributed by atoms with Crippen LogP contribution in [0.1, 0.15) is 22.3 Å². The summed E-state index contributed by atoms with van der Waals surface area (Å²) >= 11 is 0. The highest BCUT2D eigenvalue weighted by Crippen LogP contribution is 2.42. The second-order valence-corrected chi connectivity index (χ2v) is 9.92. The molecule has 1 unspecified atom stereocenters. The largest absolute Gasteiger partial charge is 0.478 e. The van der Waals surface area contributed by atoms with Crippen LogP contribution in [0, 0.1) is 0 Å². The van der Waals surface area contributed by atoms with Crippen LogP contribution in [0.2, 0.25) is 0 Å². The first-order chi connectivity index (χ1) is 19.8. The molecule has 4 N–H and O–H groups in total. The van der Waals surface area contributed by atoms with E-state index in [1.165, 1.54) is 7.11 Å². The monoisotopic (exact) mass is 564 g/mol. The molecule has 2 aromatic carbocycles. The molecule has 2 aliphatic rings. The molecule has 0 saturated carbocycles. The molecular weight excluding hydrogens is 526 g/mol. The Labute approximate surface area is 239 Å². The van der Waals surface area contributed by atoms with Crippen LogP contribution in [0.15, 0.2) is 59.0 Å². The number of aliphatic hydroxyl groups excluding tert-OH is 1. The van der Waals surface area contributed by atoms with Crippen molar-refractivity contribution in [2.75, 3.05) is 59.9 Å². The lowest BCUT2D eigenvalue weighted by atomic mass is 9.89. The predicted octanol–water partition coefficient (Wildman–Crippen LogP) is 3.41. The summed E-state index contributed by atoms with van der Waals surface area (Å²) in [7, 11) is 7.29. The summed E-state index contributed by atoms with van der Waals surface area (Å²) in [6.45, 7) is 1.72. The molecule has 0 saturated heterocycles. The molecule has 0 aromatic heterocycles. The van der Waals surface area contributed by atoms with Crippen LogP contribution >= 0.6 is 0 Å². The SMILES string of the molecule is CNc1ccc2c(-c3cc(CONCCCOCC(O)COC)ccc3C(=O)O)c3ccc(=[N+](C)C)cc-3oc2c1. The zero-order valence-electron chi connectivity index (χ0n) is 23.9. The van der Waals surface area contributed by atoms with Crippen molar-refractivity contribution in [1.29, 1.82) is 0 Å². The quantitative estimate of drug-likeness (QED) is 0.0789. The van der Waals surface area contributed by atoms with E-state index in [1.807, 2.05) is 68.2 Å². The minimum atomic E-state index is -1.01. The van der Waals surface area contributed by atoms with Gasteiger partial charge in [0, 0.05) is 61.6 Å². The molecule has 218 valence electrons. The van der Waals surface area contributed by atoms with Crippen molar-refractivity contribution >= 4 is 22.6 Å². The number of hydrogen-bond acceptors (Lipinski definition) is 8. The van der Waals surface area contributed by atoms with E-state index in [2.05, 4.69) is 10.8 Å². The van der Waals surface area contributed by atoms with Crippen molar-refractivity contribution in [3.05, 3.63) is 71.1 Å². The van der Waals surface area contributed by atoms with Crippen molar-refractivity contribution in [3.8, 4) is 22.5 Å². The zero-order chi connectivity index (χ0) is 29.4. The molecule has 41 heavy (non-hydrogen) atoms. The number of carbonyl (C=O) groups is 1. The average molecular weight is 565 g/mol. The first kappa shape index (κ1) is 30.2. The number of carboxylic acid groups (broad SMARTS) is 1. The van der Waals surface area contributed by atoms with Gasteiger partial charge in [-0.3, -0.25) is 4.84 Å². The normalized spacial score (nSPS) is 12.1. The molecule has 10 nitrogen and oxygen atoms in total. The standard InChI is InChI=1S/C31H37N3O7/c1-32-21-7-10-25-28(15-21)41-29-16-22(34(2)3)8-11-26(29)30(25)27-14-20(6-9-24(27)31(36)37)17-40-33-12-5-13-39-19-23(35)18-38-4/h6-11,14-16,23,33,35H,5,12-13,17-19H2,1-4H3,(H,36,37)/p+1. The molecule has 4 rings (SSSR count). The molecule has 1 aliphatic heterocycles. The predicted molar refractivity (Wildman–Crippen MR) is 158 cm³/mol. The Morgan fingerprint density at radius 2 is 1.88 bits per heavy atom.